The summed E-state index contributed by atoms with van der Waals surface area (Å²) in [4.78, 5) is 0. The van der Waals surface area contributed by atoms with Gasteiger partial charge in [-0.25, -0.2) is 4.39 Å². The quantitative estimate of drug-likeness (QED) is 0.880. The van der Waals surface area contributed by atoms with Gasteiger partial charge in [0, 0.05) is 10.9 Å². The average molecular weight is 261 g/mol. The van der Waals surface area contributed by atoms with Gasteiger partial charge in [0.25, 0.3) is 0 Å². The zero-order valence-corrected chi connectivity index (χ0v) is 9.05. The first-order valence-corrected chi connectivity index (χ1v) is 5.12. The van der Waals surface area contributed by atoms with Gasteiger partial charge >= 0.3 is 0 Å². The molecule has 1 aliphatic rings. The molecule has 0 amide bonds. The van der Waals surface area contributed by atoms with Crippen molar-refractivity contribution in [3.63, 3.8) is 0 Å². The maximum atomic E-state index is 13.4. The lowest BCUT2D eigenvalue weighted by Gasteiger charge is -2.36. The van der Waals surface area contributed by atoms with Crippen LogP contribution in [0.15, 0.2) is 22.7 Å². The number of aliphatic hydroxyl groups is 1. The van der Waals surface area contributed by atoms with Crippen LogP contribution in [0.2, 0.25) is 0 Å². The Kier molecular flexibility index (Phi) is 2.60. The molecule has 1 aromatic rings. The summed E-state index contributed by atoms with van der Waals surface area (Å²) < 4.78 is 19.0. The van der Waals surface area contributed by atoms with Crippen molar-refractivity contribution in [3.05, 3.63) is 34.1 Å². The Morgan fingerprint density at radius 3 is 2.71 bits per heavy atom. The predicted molar refractivity (Wildman–Crippen MR) is 53.6 cm³/mol. The first kappa shape index (κ1) is 10.1. The normalized spacial score (nSPS) is 19.1. The van der Waals surface area contributed by atoms with Crippen LogP contribution in [-0.4, -0.2) is 23.9 Å². The maximum Gasteiger partial charge on any atom is 0.127 e. The summed E-state index contributed by atoms with van der Waals surface area (Å²) in [5.41, 5.74) is -0.340. The highest BCUT2D eigenvalue weighted by atomic mass is 79.9. The van der Waals surface area contributed by atoms with E-state index in [4.69, 9.17) is 4.74 Å². The van der Waals surface area contributed by atoms with Crippen LogP contribution in [0.3, 0.4) is 0 Å². The molecular weight excluding hydrogens is 251 g/mol. The van der Waals surface area contributed by atoms with Crippen molar-refractivity contribution in [3.8, 4) is 0 Å². The van der Waals surface area contributed by atoms with Gasteiger partial charge in [-0.1, -0.05) is 22.0 Å². The summed E-state index contributed by atoms with van der Waals surface area (Å²) in [6.07, 6.45) is 0.312. The molecule has 4 heteroatoms. The van der Waals surface area contributed by atoms with Gasteiger partial charge in [-0.2, -0.15) is 0 Å². The van der Waals surface area contributed by atoms with Gasteiger partial charge in [-0.05, 0) is 17.7 Å². The van der Waals surface area contributed by atoms with E-state index in [1.807, 2.05) is 0 Å². The first-order chi connectivity index (χ1) is 6.59. The van der Waals surface area contributed by atoms with Crippen LogP contribution >= 0.6 is 15.9 Å². The summed E-state index contributed by atoms with van der Waals surface area (Å²) in [6.45, 7) is 0.588. The highest BCUT2D eigenvalue weighted by Gasteiger charge is 2.36. The molecule has 0 spiro atoms. The van der Waals surface area contributed by atoms with E-state index < -0.39 is 5.60 Å². The zero-order valence-electron chi connectivity index (χ0n) is 7.46. The lowest BCUT2D eigenvalue weighted by atomic mass is 9.93. The van der Waals surface area contributed by atoms with Crippen molar-refractivity contribution < 1.29 is 14.2 Å². The summed E-state index contributed by atoms with van der Waals surface area (Å²) in [6, 6.07) is 4.84. The van der Waals surface area contributed by atoms with E-state index >= 15 is 0 Å². The molecular formula is C10H10BrFO2. The fourth-order valence-corrected chi connectivity index (χ4v) is 1.79. The van der Waals surface area contributed by atoms with Crippen molar-refractivity contribution in [2.75, 3.05) is 13.2 Å². The lowest BCUT2D eigenvalue weighted by molar-refractivity contribution is -0.177. The second-order valence-electron chi connectivity index (χ2n) is 3.63. The average Bonchev–Trinajstić information content (AvgIpc) is 2.07. The smallest absolute Gasteiger partial charge is 0.127 e. The Morgan fingerprint density at radius 1 is 1.50 bits per heavy atom. The van der Waals surface area contributed by atoms with Gasteiger partial charge in [0.05, 0.1) is 13.2 Å². The minimum atomic E-state index is -0.866. The van der Waals surface area contributed by atoms with Crippen molar-refractivity contribution in [1.29, 1.82) is 0 Å². The monoisotopic (exact) mass is 260 g/mol. The molecule has 0 unspecified atom stereocenters. The number of hydrogen-bond acceptors (Lipinski definition) is 2. The third-order valence-electron chi connectivity index (χ3n) is 2.28. The Bertz CT molecular complexity index is 350. The van der Waals surface area contributed by atoms with E-state index in [0.29, 0.717) is 29.7 Å². The molecule has 0 saturated carbocycles. The molecule has 1 aliphatic heterocycles. The van der Waals surface area contributed by atoms with Crippen LogP contribution in [0.1, 0.15) is 5.56 Å². The zero-order chi connectivity index (χ0) is 10.2. The Hall–Kier alpha value is -0.450. The summed E-state index contributed by atoms with van der Waals surface area (Å²) in [5.74, 6) is -0.292. The van der Waals surface area contributed by atoms with Gasteiger partial charge in [-0.15, -0.1) is 0 Å². The SMILES string of the molecule is OC1(Cc2ccc(Br)cc2F)COC1. The lowest BCUT2D eigenvalue weighted by Crippen LogP contribution is -2.51. The third-order valence-corrected chi connectivity index (χ3v) is 2.77. The van der Waals surface area contributed by atoms with Crippen LogP contribution in [0, 0.1) is 5.82 Å². The Labute approximate surface area is 89.8 Å². The van der Waals surface area contributed by atoms with Gasteiger partial charge < -0.3 is 9.84 Å². The van der Waals surface area contributed by atoms with E-state index in [-0.39, 0.29) is 5.82 Å². The van der Waals surface area contributed by atoms with Gasteiger partial charge in [-0.3, -0.25) is 0 Å². The fourth-order valence-electron chi connectivity index (χ4n) is 1.46. The van der Waals surface area contributed by atoms with E-state index in [9.17, 15) is 9.50 Å². The largest absolute Gasteiger partial charge is 0.385 e. The minimum absolute atomic E-state index is 0.292. The molecule has 2 rings (SSSR count). The second-order valence-corrected chi connectivity index (χ2v) is 4.55. The summed E-state index contributed by atoms with van der Waals surface area (Å²) in [7, 11) is 0. The first-order valence-electron chi connectivity index (χ1n) is 4.33. The van der Waals surface area contributed by atoms with Gasteiger partial charge in [0.1, 0.15) is 11.4 Å². The minimum Gasteiger partial charge on any atom is -0.385 e. The number of rotatable bonds is 2. The van der Waals surface area contributed by atoms with E-state index in [1.165, 1.54) is 6.07 Å². The molecule has 76 valence electrons. The number of benzene rings is 1. The van der Waals surface area contributed by atoms with Crippen LogP contribution in [0.25, 0.3) is 0 Å². The molecule has 1 heterocycles. The van der Waals surface area contributed by atoms with Crippen LogP contribution in [0.4, 0.5) is 4.39 Å². The third kappa shape index (κ3) is 1.97. The molecule has 1 aromatic carbocycles. The van der Waals surface area contributed by atoms with E-state index in [0.717, 1.165) is 0 Å². The molecule has 1 N–H and O–H groups in total. The molecule has 1 fully saturated rings. The second kappa shape index (κ2) is 3.61. The number of ether oxygens (including phenoxy) is 1. The summed E-state index contributed by atoms with van der Waals surface area (Å²) in [5, 5.41) is 9.75. The maximum absolute atomic E-state index is 13.4. The standard InChI is InChI=1S/C10H10BrFO2/c11-8-2-1-7(9(12)3-8)4-10(13)5-14-6-10/h1-3,13H,4-6H2. The number of halogens is 2. The molecule has 0 radical (unpaired) electrons. The van der Waals surface area contributed by atoms with Crippen LogP contribution < -0.4 is 0 Å². The van der Waals surface area contributed by atoms with Crippen molar-refractivity contribution in [2.45, 2.75) is 12.0 Å². The molecule has 0 atom stereocenters. The topological polar surface area (TPSA) is 29.5 Å². The molecule has 14 heavy (non-hydrogen) atoms. The van der Waals surface area contributed by atoms with Crippen molar-refractivity contribution >= 4 is 15.9 Å². The molecule has 0 aromatic heterocycles. The van der Waals surface area contributed by atoms with Crippen LogP contribution in [-0.2, 0) is 11.2 Å². The highest BCUT2D eigenvalue weighted by Crippen LogP contribution is 2.24. The predicted octanol–water partition coefficient (Wildman–Crippen LogP) is 1.89. The fraction of sp³-hybridized carbons (Fsp3) is 0.400. The Morgan fingerprint density at radius 2 is 2.21 bits per heavy atom. The van der Waals surface area contributed by atoms with Crippen molar-refractivity contribution in [2.24, 2.45) is 0 Å². The molecule has 2 nitrogen and oxygen atoms in total. The van der Waals surface area contributed by atoms with E-state index in [1.54, 1.807) is 12.1 Å². The van der Waals surface area contributed by atoms with E-state index in [2.05, 4.69) is 15.9 Å². The van der Waals surface area contributed by atoms with Crippen LogP contribution in [0.5, 0.6) is 0 Å². The van der Waals surface area contributed by atoms with Gasteiger partial charge in [0.15, 0.2) is 0 Å². The Balaban J connectivity index is 2.16. The summed E-state index contributed by atoms with van der Waals surface area (Å²) >= 11 is 3.18. The number of hydrogen-bond donors (Lipinski definition) is 1. The molecule has 0 aliphatic carbocycles. The van der Waals surface area contributed by atoms with Crippen molar-refractivity contribution in [1.82, 2.24) is 0 Å². The van der Waals surface area contributed by atoms with Gasteiger partial charge in [0.2, 0.25) is 0 Å². The molecule has 1 saturated heterocycles. The highest BCUT2D eigenvalue weighted by molar-refractivity contribution is 9.10. The molecule has 0 bridgehead atoms.